The van der Waals surface area contributed by atoms with Crippen molar-refractivity contribution < 1.29 is 14.4 Å². The van der Waals surface area contributed by atoms with Gasteiger partial charge in [0, 0.05) is 13.1 Å². The van der Waals surface area contributed by atoms with E-state index in [9.17, 15) is 14.4 Å². The van der Waals surface area contributed by atoms with Crippen LogP contribution in [0.2, 0.25) is 0 Å². The summed E-state index contributed by atoms with van der Waals surface area (Å²) in [5.41, 5.74) is 0.261. The molecular weight excluding hydrogens is 246 g/mol. The van der Waals surface area contributed by atoms with Gasteiger partial charge in [0.05, 0.1) is 0 Å². The Hall–Kier alpha value is -1.59. The van der Waals surface area contributed by atoms with E-state index in [-0.39, 0.29) is 36.4 Å². The molecule has 2 aliphatic rings. The maximum absolute atomic E-state index is 11.9. The van der Waals surface area contributed by atoms with Gasteiger partial charge in [-0.1, -0.05) is 13.8 Å². The van der Waals surface area contributed by atoms with Crippen LogP contribution >= 0.6 is 0 Å². The van der Waals surface area contributed by atoms with Crippen LogP contribution in [0.5, 0.6) is 0 Å². The lowest BCUT2D eigenvalue weighted by Gasteiger charge is -2.19. The molecule has 1 aliphatic carbocycles. The molecule has 1 saturated heterocycles. The second kappa shape index (κ2) is 4.83. The Kier molecular flexibility index (Phi) is 3.52. The van der Waals surface area contributed by atoms with Gasteiger partial charge in [-0.05, 0) is 24.7 Å². The first kappa shape index (κ1) is 13.8. The molecule has 0 aromatic carbocycles. The third-order valence-corrected chi connectivity index (χ3v) is 3.87. The number of rotatable bonds is 3. The zero-order valence-electron chi connectivity index (χ0n) is 11.7. The van der Waals surface area contributed by atoms with Crippen LogP contribution in [0.3, 0.4) is 0 Å². The summed E-state index contributed by atoms with van der Waals surface area (Å²) in [6.07, 6.45) is 2.99. The van der Waals surface area contributed by atoms with Crippen LogP contribution in [-0.4, -0.2) is 53.8 Å². The number of likely N-dealkylation sites (N-methyl/N-ethyl adjacent to an activating group) is 1. The summed E-state index contributed by atoms with van der Waals surface area (Å²) < 4.78 is 0. The van der Waals surface area contributed by atoms with Crippen LogP contribution in [0.1, 0.15) is 33.1 Å². The molecule has 6 nitrogen and oxygen atoms in total. The predicted octanol–water partition coefficient (Wildman–Crippen LogP) is 0.575. The van der Waals surface area contributed by atoms with Gasteiger partial charge in [-0.2, -0.15) is 0 Å². The number of nitrogens with zero attached hydrogens (tertiary/aromatic N) is 2. The van der Waals surface area contributed by atoms with Crippen molar-refractivity contribution in [2.75, 3.05) is 20.1 Å². The van der Waals surface area contributed by atoms with Crippen LogP contribution in [-0.2, 0) is 9.59 Å². The second-order valence-electron chi connectivity index (χ2n) is 6.29. The maximum Gasteiger partial charge on any atom is 0.327 e. The lowest BCUT2D eigenvalue weighted by atomic mass is 9.92. The molecule has 4 amide bonds. The minimum atomic E-state index is -0.396. The van der Waals surface area contributed by atoms with Crippen molar-refractivity contribution in [3.8, 4) is 0 Å². The van der Waals surface area contributed by atoms with Crippen molar-refractivity contribution in [1.29, 1.82) is 0 Å². The summed E-state index contributed by atoms with van der Waals surface area (Å²) >= 11 is 0. The lowest BCUT2D eigenvalue weighted by Crippen LogP contribution is -2.44. The first-order valence-electron chi connectivity index (χ1n) is 6.63. The molecule has 0 aromatic rings. The number of urea groups is 1. The number of carbonyl (C=O) groups is 3. The van der Waals surface area contributed by atoms with Crippen LogP contribution in [0.25, 0.3) is 0 Å². The molecule has 1 saturated carbocycles. The highest BCUT2D eigenvalue weighted by molar-refractivity contribution is 6.04. The molecule has 1 heterocycles. The number of imide groups is 1. The third kappa shape index (κ3) is 3.05. The van der Waals surface area contributed by atoms with Gasteiger partial charge in [0.1, 0.15) is 13.1 Å². The standard InChI is InChI=1S/C13H21N3O3/c1-13(2)5-4-9(6-13)14-10(17)7-16-11(18)8-15(3)12(16)19/h9H,4-8H2,1-3H3,(H,14,17). The predicted molar refractivity (Wildman–Crippen MR) is 69.3 cm³/mol. The fraction of sp³-hybridized carbons (Fsp3) is 0.769. The van der Waals surface area contributed by atoms with Gasteiger partial charge in [0.2, 0.25) is 5.91 Å². The summed E-state index contributed by atoms with van der Waals surface area (Å²) in [6, 6.07) is -0.236. The Morgan fingerprint density at radius 1 is 1.42 bits per heavy atom. The molecule has 0 aromatic heterocycles. The number of carbonyl (C=O) groups excluding carboxylic acids is 3. The number of nitrogens with one attached hydrogen (secondary N) is 1. The minimum Gasteiger partial charge on any atom is -0.352 e. The maximum atomic E-state index is 11.9. The van der Waals surface area contributed by atoms with Crippen LogP contribution in [0.4, 0.5) is 4.79 Å². The van der Waals surface area contributed by atoms with Gasteiger partial charge in [-0.25, -0.2) is 4.79 Å². The Bertz CT molecular complexity index is 419. The van der Waals surface area contributed by atoms with Crippen LogP contribution in [0, 0.1) is 5.41 Å². The Balaban J connectivity index is 1.85. The lowest BCUT2D eigenvalue weighted by molar-refractivity contribution is -0.131. The first-order chi connectivity index (χ1) is 8.78. The fourth-order valence-corrected chi connectivity index (χ4v) is 2.80. The third-order valence-electron chi connectivity index (χ3n) is 3.87. The largest absolute Gasteiger partial charge is 0.352 e. The second-order valence-corrected chi connectivity index (χ2v) is 6.29. The molecule has 106 valence electrons. The van der Waals surface area contributed by atoms with E-state index in [4.69, 9.17) is 0 Å². The van der Waals surface area contributed by atoms with Crippen molar-refractivity contribution in [2.45, 2.75) is 39.2 Å². The zero-order chi connectivity index (χ0) is 14.2. The van der Waals surface area contributed by atoms with Crippen LogP contribution in [0.15, 0.2) is 0 Å². The molecule has 0 radical (unpaired) electrons. The average molecular weight is 267 g/mol. The van der Waals surface area contributed by atoms with E-state index >= 15 is 0 Å². The number of amides is 4. The van der Waals surface area contributed by atoms with E-state index < -0.39 is 6.03 Å². The van der Waals surface area contributed by atoms with Gasteiger partial charge in [0.25, 0.3) is 5.91 Å². The Labute approximate surface area is 113 Å². The van der Waals surface area contributed by atoms with Gasteiger partial charge < -0.3 is 10.2 Å². The molecule has 19 heavy (non-hydrogen) atoms. The highest BCUT2D eigenvalue weighted by atomic mass is 16.2. The number of hydrogen-bond acceptors (Lipinski definition) is 3. The zero-order valence-corrected chi connectivity index (χ0v) is 11.7. The van der Waals surface area contributed by atoms with Crippen LogP contribution < -0.4 is 5.32 Å². The monoisotopic (exact) mass is 267 g/mol. The quantitative estimate of drug-likeness (QED) is 0.760. The summed E-state index contributed by atoms with van der Waals surface area (Å²) in [7, 11) is 1.55. The molecule has 1 atom stereocenters. The van der Waals surface area contributed by atoms with Crippen molar-refractivity contribution in [3.05, 3.63) is 0 Å². The normalized spacial score (nSPS) is 26.2. The van der Waals surface area contributed by atoms with Crippen molar-refractivity contribution in [1.82, 2.24) is 15.1 Å². The summed E-state index contributed by atoms with van der Waals surface area (Å²) in [4.78, 5) is 37.4. The van der Waals surface area contributed by atoms with Gasteiger partial charge in [-0.15, -0.1) is 0 Å². The summed E-state index contributed by atoms with van der Waals surface area (Å²) in [5.74, 6) is -0.561. The van der Waals surface area contributed by atoms with Gasteiger partial charge in [0.15, 0.2) is 0 Å². The molecule has 0 bridgehead atoms. The molecule has 1 aliphatic heterocycles. The SMILES string of the molecule is CN1CC(=O)N(CC(=O)NC2CCC(C)(C)C2)C1=O. The molecule has 0 spiro atoms. The highest BCUT2D eigenvalue weighted by Gasteiger charge is 2.36. The molecule has 6 heteroatoms. The van der Waals surface area contributed by atoms with E-state index in [1.54, 1.807) is 7.05 Å². The van der Waals surface area contributed by atoms with E-state index in [2.05, 4.69) is 19.2 Å². The molecular formula is C13H21N3O3. The van der Waals surface area contributed by atoms with E-state index in [0.29, 0.717) is 0 Å². The van der Waals surface area contributed by atoms with Crippen molar-refractivity contribution >= 4 is 17.8 Å². The fourth-order valence-electron chi connectivity index (χ4n) is 2.80. The first-order valence-corrected chi connectivity index (χ1v) is 6.63. The Morgan fingerprint density at radius 3 is 2.58 bits per heavy atom. The molecule has 1 N–H and O–H groups in total. The van der Waals surface area contributed by atoms with Gasteiger partial charge in [-0.3, -0.25) is 14.5 Å². The average Bonchev–Trinajstić information content (AvgIpc) is 2.74. The van der Waals surface area contributed by atoms with Crippen molar-refractivity contribution in [2.24, 2.45) is 5.41 Å². The molecule has 2 fully saturated rings. The topological polar surface area (TPSA) is 69.7 Å². The van der Waals surface area contributed by atoms with E-state index in [0.717, 1.165) is 24.2 Å². The summed E-state index contributed by atoms with van der Waals surface area (Å²) in [6.45, 7) is 4.25. The van der Waals surface area contributed by atoms with Gasteiger partial charge >= 0.3 is 6.03 Å². The smallest absolute Gasteiger partial charge is 0.327 e. The molecule has 2 rings (SSSR count). The summed E-state index contributed by atoms with van der Waals surface area (Å²) in [5, 5.41) is 2.91. The minimum absolute atomic E-state index is 0.0581. The molecule has 1 unspecified atom stereocenters. The van der Waals surface area contributed by atoms with Crippen molar-refractivity contribution in [3.63, 3.8) is 0 Å². The Morgan fingerprint density at radius 2 is 2.11 bits per heavy atom. The highest BCUT2D eigenvalue weighted by Crippen LogP contribution is 2.36. The number of hydrogen-bond donors (Lipinski definition) is 1. The van der Waals surface area contributed by atoms with E-state index in [1.165, 1.54) is 4.90 Å². The van der Waals surface area contributed by atoms with E-state index in [1.807, 2.05) is 0 Å².